The van der Waals surface area contributed by atoms with Crippen LogP contribution in [0.15, 0.2) is 54.1 Å². The van der Waals surface area contributed by atoms with Gasteiger partial charge in [0.1, 0.15) is 5.82 Å². The molecule has 0 fully saturated rings. The fraction of sp³-hybridized carbons (Fsp3) is 0.333. The van der Waals surface area contributed by atoms with Crippen LogP contribution in [-0.2, 0) is 22.5 Å². The number of benzene rings is 2. The molecule has 1 heterocycles. The number of carbonyl (C=O) groups is 1. The van der Waals surface area contributed by atoms with E-state index in [0.717, 1.165) is 66.7 Å². The molecule has 3 aromatic rings. The zero-order chi connectivity index (χ0) is 19.5. The molecule has 0 atom stereocenters. The summed E-state index contributed by atoms with van der Waals surface area (Å²) in [7, 11) is 1.46. The Kier molecular flexibility index (Phi) is 5.29. The molecule has 0 saturated carbocycles. The predicted molar refractivity (Wildman–Crippen MR) is 112 cm³/mol. The van der Waals surface area contributed by atoms with Crippen LogP contribution in [0.25, 0.3) is 16.6 Å². The number of hydrogen-bond donors (Lipinski definition) is 0. The van der Waals surface area contributed by atoms with E-state index in [1.54, 1.807) is 0 Å². The van der Waals surface area contributed by atoms with E-state index in [1.165, 1.54) is 18.2 Å². The van der Waals surface area contributed by atoms with E-state index in [9.17, 15) is 4.79 Å². The van der Waals surface area contributed by atoms with Gasteiger partial charge in [-0.1, -0.05) is 43.3 Å². The van der Waals surface area contributed by atoms with Crippen molar-refractivity contribution < 1.29 is 9.53 Å². The first kappa shape index (κ1) is 18.5. The second-order valence-electron chi connectivity index (χ2n) is 7.35. The molecule has 0 unspecified atom stereocenters. The predicted octanol–water partition coefficient (Wildman–Crippen LogP) is 5.15. The minimum atomic E-state index is -0.189. The Labute approximate surface area is 165 Å². The fourth-order valence-electron chi connectivity index (χ4n) is 4.12. The highest BCUT2D eigenvalue weighted by Crippen LogP contribution is 2.34. The van der Waals surface area contributed by atoms with E-state index in [4.69, 9.17) is 9.72 Å². The van der Waals surface area contributed by atoms with Gasteiger partial charge in [-0.3, -0.25) is 0 Å². The van der Waals surface area contributed by atoms with E-state index >= 15 is 0 Å². The molecule has 2 aromatic carbocycles. The lowest BCUT2D eigenvalue weighted by Crippen LogP contribution is -2.06. The summed E-state index contributed by atoms with van der Waals surface area (Å²) < 4.78 is 7.27. The van der Waals surface area contributed by atoms with Gasteiger partial charge in [0.15, 0.2) is 0 Å². The average molecular weight is 374 g/mol. The van der Waals surface area contributed by atoms with Gasteiger partial charge in [0.25, 0.3) is 0 Å². The number of aryl methyl sites for hydroxylation is 1. The van der Waals surface area contributed by atoms with Crippen LogP contribution in [0.3, 0.4) is 0 Å². The second-order valence-corrected chi connectivity index (χ2v) is 7.35. The lowest BCUT2D eigenvalue weighted by molar-refractivity contribution is -0.136. The summed E-state index contributed by atoms with van der Waals surface area (Å²) in [5.74, 6) is 0.949. The van der Waals surface area contributed by atoms with Crippen LogP contribution in [0.5, 0.6) is 0 Å². The Morgan fingerprint density at radius 2 is 1.89 bits per heavy atom. The van der Waals surface area contributed by atoms with Gasteiger partial charge >= 0.3 is 5.97 Å². The first-order valence-electron chi connectivity index (χ1n) is 10.0. The van der Waals surface area contributed by atoms with Gasteiger partial charge in [-0.25, -0.2) is 9.78 Å². The largest absolute Gasteiger partial charge is 0.466 e. The third-order valence-electron chi connectivity index (χ3n) is 5.50. The molecule has 28 heavy (non-hydrogen) atoms. The Balaban J connectivity index is 1.63. The van der Waals surface area contributed by atoms with Crippen molar-refractivity contribution in [1.82, 2.24) is 9.55 Å². The van der Waals surface area contributed by atoms with Crippen LogP contribution in [0.1, 0.15) is 49.6 Å². The van der Waals surface area contributed by atoms with Crippen LogP contribution in [0.2, 0.25) is 0 Å². The summed E-state index contributed by atoms with van der Waals surface area (Å²) in [5, 5.41) is 0. The lowest BCUT2D eigenvalue weighted by atomic mass is 10.0. The number of esters is 1. The molecule has 1 aliphatic rings. The number of nitrogens with zero attached hydrogens (tertiary/aromatic N) is 2. The number of methoxy groups -OCH3 is 1. The first-order valence-corrected chi connectivity index (χ1v) is 10.0. The number of ether oxygens (including phenoxy) is 1. The second kappa shape index (κ2) is 8.01. The zero-order valence-electron chi connectivity index (χ0n) is 16.6. The van der Waals surface area contributed by atoms with Gasteiger partial charge < -0.3 is 9.30 Å². The van der Waals surface area contributed by atoms with Crippen molar-refractivity contribution in [2.75, 3.05) is 7.11 Å². The SMILES string of the molecule is CCCc1nc2ccccc2n1Cc1ccc(C2=C(C(=O)OC)CCC2)cc1. The number of aromatic nitrogens is 2. The van der Waals surface area contributed by atoms with Crippen molar-refractivity contribution in [2.45, 2.75) is 45.6 Å². The molecular formula is C24H26N2O2. The molecule has 144 valence electrons. The number of hydrogen-bond acceptors (Lipinski definition) is 3. The smallest absolute Gasteiger partial charge is 0.334 e. The molecule has 1 aromatic heterocycles. The van der Waals surface area contributed by atoms with Crippen LogP contribution < -0.4 is 0 Å². The number of imidazole rings is 1. The van der Waals surface area contributed by atoms with Gasteiger partial charge in [-0.15, -0.1) is 0 Å². The molecule has 0 saturated heterocycles. The molecule has 1 aliphatic carbocycles. The van der Waals surface area contributed by atoms with Gasteiger partial charge in [0.2, 0.25) is 0 Å². The number of allylic oxidation sites excluding steroid dienone is 1. The molecule has 0 bridgehead atoms. The topological polar surface area (TPSA) is 44.1 Å². The highest BCUT2D eigenvalue weighted by Gasteiger charge is 2.22. The zero-order valence-corrected chi connectivity index (χ0v) is 16.6. The van der Waals surface area contributed by atoms with E-state index in [2.05, 4.69) is 54.0 Å². The Bertz CT molecular complexity index is 1030. The fourth-order valence-corrected chi connectivity index (χ4v) is 4.12. The van der Waals surface area contributed by atoms with E-state index < -0.39 is 0 Å². The average Bonchev–Trinajstić information content (AvgIpc) is 3.34. The van der Waals surface area contributed by atoms with Crippen LogP contribution in [0.4, 0.5) is 0 Å². The summed E-state index contributed by atoms with van der Waals surface area (Å²) >= 11 is 0. The maximum absolute atomic E-state index is 12.0. The third kappa shape index (κ3) is 3.47. The van der Waals surface area contributed by atoms with Gasteiger partial charge in [0, 0.05) is 18.5 Å². The maximum Gasteiger partial charge on any atom is 0.334 e. The molecule has 0 spiro atoms. The molecule has 0 N–H and O–H groups in total. The molecular weight excluding hydrogens is 348 g/mol. The van der Waals surface area contributed by atoms with Crippen molar-refractivity contribution in [3.05, 3.63) is 71.1 Å². The lowest BCUT2D eigenvalue weighted by Gasteiger charge is -2.11. The van der Waals surface area contributed by atoms with Crippen molar-refractivity contribution in [3.8, 4) is 0 Å². The van der Waals surface area contributed by atoms with Crippen LogP contribution in [0, 0.1) is 0 Å². The van der Waals surface area contributed by atoms with E-state index in [-0.39, 0.29) is 5.97 Å². The van der Waals surface area contributed by atoms with Crippen molar-refractivity contribution in [2.24, 2.45) is 0 Å². The summed E-state index contributed by atoms with van der Waals surface area (Å²) in [6.45, 7) is 2.99. The normalized spacial score (nSPS) is 14.1. The van der Waals surface area contributed by atoms with Gasteiger partial charge in [0.05, 0.1) is 18.1 Å². The standard InChI is InChI=1S/C24H26N2O2/c1-3-7-23-25-21-10-4-5-11-22(21)26(23)16-17-12-14-18(15-13-17)19-8-6-9-20(19)24(27)28-2/h4-5,10-15H,3,6-9,16H2,1-2H3. The Morgan fingerprint density at radius 1 is 1.11 bits per heavy atom. The monoisotopic (exact) mass is 374 g/mol. The van der Waals surface area contributed by atoms with Crippen molar-refractivity contribution >= 4 is 22.6 Å². The van der Waals surface area contributed by atoms with Gasteiger partial charge in [-0.05, 0) is 54.5 Å². The summed E-state index contributed by atoms with van der Waals surface area (Å²) in [5.41, 5.74) is 6.58. The summed E-state index contributed by atoms with van der Waals surface area (Å²) in [4.78, 5) is 16.8. The van der Waals surface area contributed by atoms with E-state index in [0.29, 0.717) is 0 Å². The van der Waals surface area contributed by atoms with Crippen LogP contribution in [-0.4, -0.2) is 22.6 Å². The first-order chi connectivity index (χ1) is 13.7. The molecule has 0 aliphatic heterocycles. The highest BCUT2D eigenvalue weighted by atomic mass is 16.5. The quantitative estimate of drug-likeness (QED) is 0.561. The Hall–Kier alpha value is -2.88. The minimum absolute atomic E-state index is 0.189. The number of fused-ring (bicyclic) bond motifs is 1. The van der Waals surface area contributed by atoms with E-state index in [1.807, 2.05) is 6.07 Å². The van der Waals surface area contributed by atoms with Crippen molar-refractivity contribution in [1.29, 1.82) is 0 Å². The molecule has 4 nitrogen and oxygen atoms in total. The Morgan fingerprint density at radius 3 is 2.64 bits per heavy atom. The number of rotatable bonds is 6. The summed E-state index contributed by atoms with van der Waals surface area (Å²) in [6, 6.07) is 16.9. The van der Waals surface area contributed by atoms with Crippen LogP contribution >= 0.6 is 0 Å². The minimum Gasteiger partial charge on any atom is -0.466 e. The number of carbonyl (C=O) groups excluding carboxylic acids is 1. The molecule has 0 amide bonds. The number of para-hydroxylation sites is 2. The summed E-state index contributed by atoms with van der Waals surface area (Å²) in [6.07, 6.45) is 4.82. The highest BCUT2D eigenvalue weighted by molar-refractivity contribution is 5.98. The molecule has 0 radical (unpaired) electrons. The van der Waals surface area contributed by atoms with Gasteiger partial charge in [-0.2, -0.15) is 0 Å². The molecule has 4 rings (SSSR count). The maximum atomic E-state index is 12.0. The third-order valence-corrected chi connectivity index (χ3v) is 5.50. The molecule has 4 heteroatoms. The van der Waals surface area contributed by atoms with Crippen molar-refractivity contribution in [3.63, 3.8) is 0 Å².